The van der Waals surface area contributed by atoms with E-state index in [2.05, 4.69) is 54.6 Å². The third-order valence-corrected chi connectivity index (χ3v) is 9.22. The number of phenols is 1. The monoisotopic (exact) mass is 646 g/mol. The minimum atomic E-state index is -0.250. The molecule has 36 heavy (non-hydrogen) atoms. The molecule has 9 nitrogen and oxygen atoms in total. The Kier molecular flexibility index (Phi) is 10.0. The number of phenolic OH excluding ortho intramolecular Hbond substituents is 1. The number of likely N-dealkylation sites (tertiary alicyclic amines) is 1. The first kappa shape index (κ1) is 28.7. The Morgan fingerprint density at radius 1 is 1.39 bits per heavy atom. The van der Waals surface area contributed by atoms with Gasteiger partial charge in [0.2, 0.25) is 0 Å². The van der Waals surface area contributed by atoms with Gasteiger partial charge in [-0.05, 0) is 71.6 Å². The van der Waals surface area contributed by atoms with Crippen molar-refractivity contribution in [2.75, 3.05) is 50.5 Å². The van der Waals surface area contributed by atoms with Crippen molar-refractivity contribution in [3.8, 4) is 5.75 Å². The van der Waals surface area contributed by atoms with E-state index in [4.69, 9.17) is 16.4 Å². The van der Waals surface area contributed by atoms with Crippen LogP contribution in [0.25, 0.3) is 6.08 Å². The Morgan fingerprint density at radius 2 is 2.08 bits per heavy atom. The molecule has 0 amide bonds. The molecular weight excluding hydrogens is 614 g/mol. The molecule has 1 saturated carbocycles. The van der Waals surface area contributed by atoms with E-state index in [1.807, 2.05) is 39.1 Å². The molecule has 12 heteroatoms. The highest BCUT2D eigenvalue weighted by Gasteiger charge is 2.53. The average Bonchev–Trinajstić information content (AvgIpc) is 2.83. The first-order chi connectivity index (χ1) is 17.3. The Bertz CT molecular complexity index is 1150. The van der Waals surface area contributed by atoms with E-state index in [9.17, 15) is 9.90 Å². The number of nitrogens with one attached hydrogen (secondary N) is 2. The molecule has 1 aliphatic carbocycles. The van der Waals surface area contributed by atoms with E-state index in [0.29, 0.717) is 22.9 Å². The van der Waals surface area contributed by atoms with Crippen LogP contribution < -0.4 is 21.1 Å². The van der Waals surface area contributed by atoms with Gasteiger partial charge in [0.15, 0.2) is 0 Å². The van der Waals surface area contributed by atoms with Crippen LogP contribution in [0, 0.1) is 12.3 Å². The number of carbonyl (C=O) groups is 1. The zero-order chi connectivity index (χ0) is 26.5. The maximum atomic E-state index is 12.1. The normalized spacial score (nSPS) is 17.0. The number of hydrogen-bond acceptors (Lipinski definition) is 8. The van der Waals surface area contributed by atoms with Crippen molar-refractivity contribution in [1.29, 1.82) is 0 Å². The highest BCUT2D eigenvalue weighted by Crippen LogP contribution is 2.51. The fraction of sp³-hybridized carbons (Fsp3) is 0.458. The Hall–Kier alpha value is -1.88. The van der Waals surface area contributed by atoms with Gasteiger partial charge in [0.05, 0.1) is 18.3 Å². The van der Waals surface area contributed by atoms with Crippen LogP contribution >= 0.6 is 40.0 Å². The summed E-state index contributed by atoms with van der Waals surface area (Å²) in [6, 6.07) is 4.30. The maximum Gasteiger partial charge on any atom is 0.291 e. The minimum Gasteiger partial charge on any atom is -0.508 e. The fourth-order valence-corrected chi connectivity index (χ4v) is 6.67. The second-order valence-corrected chi connectivity index (χ2v) is 11.7. The van der Waals surface area contributed by atoms with Crippen molar-refractivity contribution in [1.82, 2.24) is 19.8 Å². The average molecular weight is 647 g/mol. The van der Waals surface area contributed by atoms with E-state index < -0.39 is 0 Å². The van der Waals surface area contributed by atoms with Crippen LogP contribution in [0.1, 0.15) is 24.0 Å². The van der Waals surface area contributed by atoms with Crippen LogP contribution in [0.15, 0.2) is 29.3 Å². The number of rotatable bonds is 9. The van der Waals surface area contributed by atoms with Gasteiger partial charge in [-0.2, -0.15) is 5.10 Å². The van der Waals surface area contributed by atoms with Crippen molar-refractivity contribution in [2.24, 2.45) is 5.41 Å². The van der Waals surface area contributed by atoms with Gasteiger partial charge < -0.3 is 30.3 Å². The number of benzene rings is 1. The molecule has 1 unspecified atom stereocenters. The smallest absolute Gasteiger partial charge is 0.291 e. The highest BCUT2D eigenvalue weighted by atomic mass is 127. The Morgan fingerprint density at radius 3 is 2.72 bits per heavy atom. The van der Waals surface area contributed by atoms with E-state index >= 15 is 0 Å². The van der Waals surface area contributed by atoms with Crippen LogP contribution in [0.5, 0.6) is 5.75 Å². The first-order valence-corrected chi connectivity index (χ1v) is 16.0. The SMILES string of the molecule is C=O.CN/C=C\c1c(N(C)C2CC3(C2)CN(CCNc2cnn(PI)c(=O)c2Cl)C3)ccc(O)c1C. The molecular formula is C24H33ClIN6O3P. The molecule has 1 spiro atoms. The van der Waals surface area contributed by atoms with E-state index in [-0.39, 0.29) is 17.0 Å². The lowest BCUT2D eigenvalue weighted by molar-refractivity contribution is -0.0980. The Labute approximate surface area is 231 Å². The second kappa shape index (κ2) is 12.6. The lowest BCUT2D eigenvalue weighted by Gasteiger charge is -2.61. The molecule has 1 saturated heterocycles. The zero-order valence-electron chi connectivity index (χ0n) is 20.7. The third kappa shape index (κ3) is 5.98. The molecule has 0 bridgehead atoms. The molecule has 3 N–H and O–H groups in total. The van der Waals surface area contributed by atoms with Crippen LogP contribution in [0.3, 0.4) is 0 Å². The summed E-state index contributed by atoms with van der Waals surface area (Å²) in [5, 5.41) is 20.8. The van der Waals surface area contributed by atoms with Crippen LogP contribution in [-0.2, 0) is 4.79 Å². The minimum absolute atomic E-state index is 0.206. The number of halogens is 2. The molecule has 1 aromatic carbocycles. The summed E-state index contributed by atoms with van der Waals surface area (Å²) in [5.74, 6) is 0.324. The summed E-state index contributed by atoms with van der Waals surface area (Å²) in [5.41, 5.74) is 3.86. The number of carbonyl (C=O) groups excluding carboxylic acids is 1. The second-order valence-electron chi connectivity index (χ2n) is 9.25. The summed E-state index contributed by atoms with van der Waals surface area (Å²) in [6.45, 7) is 7.80. The van der Waals surface area contributed by atoms with Crippen molar-refractivity contribution in [3.05, 3.63) is 51.0 Å². The van der Waals surface area contributed by atoms with Gasteiger partial charge in [-0.3, -0.25) is 4.79 Å². The zero-order valence-corrected chi connectivity index (χ0v) is 24.6. The van der Waals surface area contributed by atoms with Gasteiger partial charge in [0, 0.05) is 63.1 Å². The molecule has 2 fully saturated rings. The summed E-state index contributed by atoms with van der Waals surface area (Å²) in [4.78, 5) is 24.9. The number of aromatic nitrogens is 2. The molecule has 1 atom stereocenters. The lowest BCUT2D eigenvalue weighted by Crippen LogP contribution is -2.66. The van der Waals surface area contributed by atoms with Crippen LogP contribution in [0.4, 0.5) is 11.4 Å². The molecule has 0 radical (unpaired) electrons. The summed E-state index contributed by atoms with van der Waals surface area (Å²) < 4.78 is 1.37. The van der Waals surface area contributed by atoms with Gasteiger partial charge >= 0.3 is 0 Å². The number of nitrogens with zero attached hydrogens (tertiary/aromatic N) is 4. The molecule has 1 aromatic heterocycles. The first-order valence-electron chi connectivity index (χ1n) is 11.6. The molecule has 2 heterocycles. The quantitative estimate of drug-likeness (QED) is 0.280. The predicted octanol–water partition coefficient (Wildman–Crippen LogP) is 3.72. The van der Waals surface area contributed by atoms with Crippen molar-refractivity contribution in [2.45, 2.75) is 25.8 Å². The van der Waals surface area contributed by atoms with Crippen LogP contribution in [0.2, 0.25) is 5.02 Å². The molecule has 2 aliphatic rings. The van der Waals surface area contributed by atoms with E-state index in [0.717, 1.165) is 43.0 Å². The number of hydrogen-bond donors (Lipinski definition) is 3. The summed E-state index contributed by atoms with van der Waals surface area (Å²) in [7, 11) is 4.03. The topological polar surface area (TPSA) is 103 Å². The summed E-state index contributed by atoms with van der Waals surface area (Å²) >= 11 is 8.31. The maximum absolute atomic E-state index is 12.1. The molecule has 4 rings (SSSR count). The lowest BCUT2D eigenvalue weighted by atomic mass is 9.60. The Balaban J connectivity index is 0.00000176. The number of anilines is 2. The predicted molar refractivity (Wildman–Crippen MR) is 158 cm³/mol. The molecule has 2 aromatic rings. The standard InChI is InChI=1S/C23H31ClIN6O2P.CH2O/c1-15-17(6-7-26-2)19(4-5-20(15)32)29(3)16-10-23(11-16)13-30(14-23)9-8-27-18-12-28-31(34-25)22(33)21(18)24;1-2/h4-7,12,16,26-27,32,34H,8-11,13-14H2,1-3H3;1H2/b7-6-;. The highest BCUT2D eigenvalue weighted by molar-refractivity contribution is 14.2. The van der Waals surface area contributed by atoms with Gasteiger partial charge in [-0.25, -0.2) is 4.45 Å². The third-order valence-electron chi connectivity index (χ3n) is 7.01. The van der Waals surface area contributed by atoms with Crippen molar-refractivity contribution in [3.63, 3.8) is 0 Å². The summed E-state index contributed by atoms with van der Waals surface area (Å²) in [6.07, 6.45) is 8.14. The molecule has 1 aliphatic heterocycles. The number of aromatic hydroxyl groups is 1. The van der Waals surface area contributed by atoms with Gasteiger partial charge in [0.1, 0.15) is 17.6 Å². The largest absolute Gasteiger partial charge is 0.508 e. The van der Waals surface area contributed by atoms with Gasteiger partial charge in [-0.1, -0.05) is 11.6 Å². The van der Waals surface area contributed by atoms with Gasteiger partial charge in [0.25, 0.3) is 5.56 Å². The van der Waals surface area contributed by atoms with Crippen LogP contribution in [-0.4, -0.2) is 72.7 Å². The van der Waals surface area contributed by atoms with E-state index in [1.54, 1.807) is 12.3 Å². The van der Waals surface area contributed by atoms with Crippen molar-refractivity contribution >= 4 is 64.3 Å². The van der Waals surface area contributed by atoms with E-state index in [1.165, 1.54) is 17.3 Å². The fourth-order valence-electron chi connectivity index (χ4n) is 5.08. The van der Waals surface area contributed by atoms with Crippen molar-refractivity contribution < 1.29 is 9.90 Å². The van der Waals surface area contributed by atoms with Gasteiger partial charge in [-0.15, -0.1) is 0 Å². The molecule has 196 valence electrons.